The van der Waals surface area contributed by atoms with Crippen LogP contribution in [0.1, 0.15) is 48.5 Å². The monoisotopic (exact) mass is 222 g/mol. The Balaban J connectivity index is 2.47. The minimum atomic E-state index is -0.335. The van der Waals surface area contributed by atoms with Crippen molar-refractivity contribution < 1.29 is 4.79 Å². The van der Waals surface area contributed by atoms with Crippen LogP contribution in [0.2, 0.25) is 0 Å². The fraction of sp³-hybridized carbons (Fsp3) is 0.462. The van der Waals surface area contributed by atoms with Crippen LogP contribution in [-0.2, 0) is 5.41 Å². The molecule has 0 unspecified atom stereocenters. The van der Waals surface area contributed by atoms with Crippen LogP contribution in [0.4, 0.5) is 0 Å². The molecule has 0 amide bonds. The molecule has 1 aliphatic carbocycles. The Bertz CT molecular complexity index is 378. The van der Waals surface area contributed by atoms with Gasteiger partial charge in [0.15, 0.2) is 0 Å². The summed E-state index contributed by atoms with van der Waals surface area (Å²) in [5.41, 5.74) is 1.97. The van der Waals surface area contributed by atoms with Gasteiger partial charge in [-0.3, -0.25) is 4.79 Å². The van der Waals surface area contributed by atoms with E-state index in [0.717, 1.165) is 18.4 Å². The Morgan fingerprint density at radius 2 is 1.87 bits per heavy atom. The molecular formula is C13H15ClO. The third kappa shape index (κ3) is 1.93. The van der Waals surface area contributed by atoms with E-state index in [9.17, 15) is 4.79 Å². The summed E-state index contributed by atoms with van der Waals surface area (Å²) < 4.78 is 0. The molecule has 1 aromatic rings. The normalized spacial score (nSPS) is 19.1. The van der Waals surface area contributed by atoms with Gasteiger partial charge in [-0.25, -0.2) is 0 Å². The Morgan fingerprint density at radius 3 is 2.47 bits per heavy atom. The molecule has 15 heavy (non-hydrogen) atoms. The molecular weight excluding hydrogens is 208 g/mol. The quantitative estimate of drug-likeness (QED) is 0.694. The lowest BCUT2D eigenvalue weighted by atomic mass is 9.79. The molecule has 0 spiro atoms. The number of hydrogen-bond donors (Lipinski definition) is 0. The molecule has 0 heterocycles. The number of halogens is 1. The highest BCUT2D eigenvalue weighted by atomic mass is 35.5. The van der Waals surface area contributed by atoms with Crippen LogP contribution in [0, 0.1) is 0 Å². The van der Waals surface area contributed by atoms with Gasteiger partial charge in [-0.05, 0) is 41.5 Å². The van der Waals surface area contributed by atoms with E-state index >= 15 is 0 Å². The molecule has 0 saturated heterocycles. The fourth-order valence-corrected chi connectivity index (χ4v) is 2.77. The average molecular weight is 223 g/mol. The first-order valence-electron chi connectivity index (χ1n) is 5.43. The molecule has 1 aromatic carbocycles. The Labute approximate surface area is 95.4 Å². The van der Waals surface area contributed by atoms with Crippen molar-refractivity contribution in [1.29, 1.82) is 0 Å². The predicted octanol–water partition coefficient (Wildman–Crippen LogP) is 3.90. The molecule has 0 radical (unpaired) electrons. The first kappa shape index (κ1) is 10.7. The van der Waals surface area contributed by atoms with Crippen molar-refractivity contribution in [3.05, 3.63) is 35.4 Å². The van der Waals surface area contributed by atoms with E-state index in [1.165, 1.54) is 12.8 Å². The number of rotatable bonds is 2. The van der Waals surface area contributed by atoms with E-state index in [0.29, 0.717) is 5.56 Å². The van der Waals surface area contributed by atoms with Gasteiger partial charge in [-0.1, -0.05) is 38.0 Å². The van der Waals surface area contributed by atoms with Gasteiger partial charge in [-0.2, -0.15) is 0 Å². The summed E-state index contributed by atoms with van der Waals surface area (Å²) in [6.07, 6.45) is 4.82. The maximum absolute atomic E-state index is 11.3. The van der Waals surface area contributed by atoms with Crippen molar-refractivity contribution in [2.75, 3.05) is 0 Å². The van der Waals surface area contributed by atoms with Crippen molar-refractivity contribution >= 4 is 16.8 Å². The van der Waals surface area contributed by atoms with Crippen LogP contribution < -0.4 is 0 Å². The molecule has 1 nitrogen and oxygen atoms in total. The lowest BCUT2D eigenvalue weighted by molar-refractivity contribution is 0.107. The fourth-order valence-electron chi connectivity index (χ4n) is 2.61. The second-order valence-corrected chi connectivity index (χ2v) is 4.93. The van der Waals surface area contributed by atoms with E-state index in [1.54, 1.807) is 0 Å². The van der Waals surface area contributed by atoms with E-state index in [2.05, 4.69) is 6.92 Å². The van der Waals surface area contributed by atoms with Crippen LogP contribution in [0.15, 0.2) is 24.3 Å². The molecule has 80 valence electrons. The van der Waals surface area contributed by atoms with Gasteiger partial charge in [0.05, 0.1) is 0 Å². The highest BCUT2D eigenvalue weighted by Gasteiger charge is 2.33. The van der Waals surface area contributed by atoms with Crippen molar-refractivity contribution in [3.63, 3.8) is 0 Å². The molecule has 1 fully saturated rings. The average Bonchev–Trinajstić information content (AvgIpc) is 2.66. The zero-order chi connectivity index (χ0) is 10.9. The summed E-state index contributed by atoms with van der Waals surface area (Å²) in [6, 6.07) is 7.73. The predicted molar refractivity (Wildman–Crippen MR) is 62.4 cm³/mol. The largest absolute Gasteiger partial charge is 0.276 e. The summed E-state index contributed by atoms with van der Waals surface area (Å²) in [7, 11) is 0. The van der Waals surface area contributed by atoms with E-state index in [1.807, 2.05) is 24.3 Å². The lowest BCUT2D eigenvalue weighted by Gasteiger charge is -2.25. The zero-order valence-electron chi connectivity index (χ0n) is 8.92. The molecule has 0 aromatic heterocycles. The van der Waals surface area contributed by atoms with Crippen LogP contribution in [-0.4, -0.2) is 5.24 Å². The summed E-state index contributed by atoms with van der Waals surface area (Å²) in [5.74, 6) is 0. The van der Waals surface area contributed by atoms with Crippen molar-refractivity contribution in [3.8, 4) is 0 Å². The molecule has 0 atom stereocenters. The van der Waals surface area contributed by atoms with Gasteiger partial charge in [-0.15, -0.1) is 0 Å². The first-order chi connectivity index (χ1) is 7.13. The summed E-state index contributed by atoms with van der Waals surface area (Å²) >= 11 is 5.61. The Kier molecular flexibility index (Phi) is 2.83. The molecule has 0 bridgehead atoms. The lowest BCUT2D eigenvalue weighted by Crippen LogP contribution is -2.19. The van der Waals surface area contributed by atoms with Gasteiger partial charge in [0.1, 0.15) is 0 Å². The zero-order valence-corrected chi connectivity index (χ0v) is 9.68. The second-order valence-electron chi connectivity index (χ2n) is 4.59. The molecule has 1 aliphatic rings. The third-order valence-electron chi connectivity index (χ3n) is 3.50. The molecule has 2 heteroatoms. The smallest absolute Gasteiger partial charge is 0.252 e. The summed E-state index contributed by atoms with van der Waals surface area (Å²) in [4.78, 5) is 11.3. The minimum absolute atomic E-state index is 0.154. The third-order valence-corrected chi connectivity index (χ3v) is 3.70. The number of carbonyl (C=O) groups excluding carboxylic acids is 1. The van der Waals surface area contributed by atoms with Gasteiger partial charge >= 0.3 is 0 Å². The highest BCUT2D eigenvalue weighted by molar-refractivity contribution is 6.67. The van der Waals surface area contributed by atoms with Crippen LogP contribution in [0.5, 0.6) is 0 Å². The summed E-state index contributed by atoms with van der Waals surface area (Å²) in [6.45, 7) is 2.23. The standard InChI is InChI=1S/C13H15ClO/c1-13(8-4-5-9-13)11-7-3-2-6-10(11)12(14)15/h2-3,6-7H,4-5,8-9H2,1H3. The second kappa shape index (κ2) is 3.97. The minimum Gasteiger partial charge on any atom is -0.276 e. The SMILES string of the molecule is CC1(c2ccccc2C(=O)Cl)CCCC1. The topological polar surface area (TPSA) is 17.1 Å². The summed E-state index contributed by atoms with van der Waals surface area (Å²) in [5, 5.41) is -0.335. The van der Waals surface area contributed by atoms with E-state index in [4.69, 9.17) is 11.6 Å². The van der Waals surface area contributed by atoms with E-state index < -0.39 is 0 Å². The highest BCUT2D eigenvalue weighted by Crippen LogP contribution is 2.42. The van der Waals surface area contributed by atoms with Gasteiger partial charge in [0.25, 0.3) is 5.24 Å². The Hall–Kier alpha value is -0.820. The van der Waals surface area contributed by atoms with Crippen LogP contribution in [0.25, 0.3) is 0 Å². The first-order valence-corrected chi connectivity index (χ1v) is 5.81. The van der Waals surface area contributed by atoms with Gasteiger partial charge in [0.2, 0.25) is 0 Å². The van der Waals surface area contributed by atoms with Crippen LogP contribution in [0.3, 0.4) is 0 Å². The van der Waals surface area contributed by atoms with E-state index in [-0.39, 0.29) is 10.7 Å². The number of benzene rings is 1. The van der Waals surface area contributed by atoms with Gasteiger partial charge < -0.3 is 0 Å². The molecule has 0 N–H and O–H groups in total. The molecule has 0 aliphatic heterocycles. The van der Waals surface area contributed by atoms with Crippen molar-refractivity contribution in [2.45, 2.75) is 38.0 Å². The Morgan fingerprint density at radius 1 is 1.27 bits per heavy atom. The molecule has 1 saturated carbocycles. The van der Waals surface area contributed by atoms with Gasteiger partial charge in [0, 0.05) is 5.56 Å². The maximum atomic E-state index is 11.3. The van der Waals surface area contributed by atoms with Crippen LogP contribution >= 0.6 is 11.6 Å². The number of hydrogen-bond acceptors (Lipinski definition) is 1. The van der Waals surface area contributed by atoms with Crippen molar-refractivity contribution in [2.24, 2.45) is 0 Å². The maximum Gasteiger partial charge on any atom is 0.252 e. The number of carbonyl (C=O) groups is 1. The van der Waals surface area contributed by atoms with Crippen molar-refractivity contribution in [1.82, 2.24) is 0 Å². The molecule has 2 rings (SSSR count).